The number of halogens is 1. The number of aromatic nitrogens is 1. The van der Waals surface area contributed by atoms with Crippen LogP contribution in [0.3, 0.4) is 0 Å². The molecule has 1 aromatic carbocycles. The quantitative estimate of drug-likeness (QED) is 0.772. The smallest absolute Gasteiger partial charge is 0.414 e. The number of carbonyl (C=O) groups is 2. The number of carbonyl (C=O) groups excluding carboxylic acids is 2. The molecule has 32 heavy (non-hydrogen) atoms. The van der Waals surface area contributed by atoms with E-state index in [9.17, 15) is 14.9 Å². The van der Waals surface area contributed by atoms with Gasteiger partial charge in [0.2, 0.25) is 5.91 Å². The maximum atomic E-state index is 15.3. The Morgan fingerprint density at radius 3 is 2.81 bits per heavy atom. The highest BCUT2D eigenvalue weighted by molar-refractivity contribution is 5.90. The summed E-state index contributed by atoms with van der Waals surface area (Å²) in [6.07, 6.45) is 2.10. The lowest BCUT2D eigenvalue weighted by molar-refractivity contribution is -0.119. The average Bonchev–Trinajstić information content (AvgIpc) is 3.10. The Morgan fingerprint density at radius 2 is 2.12 bits per heavy atom. The summed E-state index contributed by atoms with van der Waals surface area (Å²) in [7, 11) is 0. The van der Waals surface area contributed by atoms with E-state index in [1.165, 1.54) is 17.9 Å². The van der Waals surface area contributed by atoms with Gasteiger partial charge in [-0.15, -0.1) is 0 Å². The van der Waals surface area contributed by atoms with E-state index in [-0.39, 0.29) is 30.8 Å². The zero-order chi connectivity index (χ0) is 22.5. The van der Waals surface area contributed by atoms with Gasteiger partial charge >= 0.3 is 6.09 Å². The molecule has 3 fully saturated rings. The van der Waals surface area contributed by atoms with Gasteiger partial charge in [0.1, 0.15) is 11.9 Å². The number of fused-ring (bicyclic) bond motifs is 1. The second-order valence-corrected chi connectivity index (χ2v) is 8.37. The van der Waals surface area contributed by atoms with Crippen LogP contribution in [0, 0.1) is 29.0 Å². The third-order valence-electron chi connectivity index (χ3n) is 6.60. The Kier molecular flexibility index (Phi) is 4.82. The van der Waals surface area contributed by atoms with Crippen LogP contribution in [0.5, 0.6) is 0 Å². The van der Waals surface area contributed by atoms with Crippen molar-refractivity contribution in [1.82, 2.24) is 10.3 Å². The molecule has 5 rings (SSSR count). The van der Waals surface area contributed by atoms with Gasteiger partial charge < -0.3 is 14.8 Å². The van der Waals surface area contributed by atoms with E-state index in [2.05, 4.69) is 16.4 Å². The van der Waals surface area contributed by atoms with E-state index in [0.717, 1.165) is 5.56 Å². The zero-order valence-electron chi connectivity index (χ0n) is 17.4. The molecule has 1 aliphatic carbocycles. The van der Waals surface area contributed by atoms with Crippen molar-refractivity contribution < 1.29 is 23.5 Å². The monoisotopic (exact) mass is 436 g/mol. The first-order valence-corrected chi connectivity index (χ1v) is 10.4. The van der Waals surface area contributed by atoms with Gasteiger partial charge in [-0.2, -0.15) is 5.26 Å². The van der Waals surface area contributed by atoms with E-state index in [1.807, 2.05) is 0 Å². The highest BCUT2D eigenvalue weighted by Crippen LogP contribution is 2.64. The number of benzene rings is 1. The van der Waals surface area contributed by atoms with Gasteiger partial charge in [-0.3, -0.25) is 14.7 Å². The van der Waals surface area contributed by atoms with E-state index in [1.54, 1.807) is 30.6 Å². The van der Waals surface area contributed by atoms with E-state index in [4.69, 9.17) is 9.47 Å². The maximum absolute atomic E-state index is 15.3. The summed E-state index contributed by atoms with van der Waals surface area (Å²) in [6, 6.07) is 8.77. The number of anilines is 1. The second-order valence-electron chi connectivity index (χ2n) is 8.37. The molecule has 0 bridgehead atoms. The molecule has 2 aromatic rings. The summed E-state index contributed by atoms with van der Waals surface area (Å²) in [5, 5.41) is 12.6. The largest absolute Gasteiger partial charge is 0.442 e. The number of pyridine rings is 1. The fraction of sp³-hybridized carbons (Fsp3) is 0.391. The number of ether oxygens (including phenoxy) is 2. The Balaban J connectivity index is 1.43. The first-order chi connectivity index (χ1) is 15.5. The van der Waals surface area contributed by atoms with Crippen LogP contribution in [-0.4, -0.2) is 49.4 Å². The molecule has 0 radical (unpaired) electrons. The van der Waals surface area contributed by atoms with Crippen LogP contribution in [0.1, 0.15) is 12.5 Å². The highest BCUT2D eigenvalue weighted by atomic mass is 19.1. The number of nitrogens with one attached hydrogen (secondary N) is 1. The fourth-order valence-electron chi connectivity index (χ4n) is 4.94. The van der Waals surface area contributed by atoms with Crippen molar-refractivity contribution in [2.45, 2.75) is 18.4 Å². The van der Waals surface area contributed by atoms with E-state index < -0.39 is 23.4 Å². The van der Waals surface area contributed by atoms with Gasteiger partial charge in [-0.1, -0.05) is 0 Å². The summed E-state index contributed by atoms with van der Waals surface area (Å²) < 4.78 is 26.0. The second kappa shape index (κ2) is 7.57. The Bertz CT molecular complexity index is 1140. The number of nitriles is 1. The molecule has 9 heteroatoms. The predicted octanol–water partition coefficient (Wildman–Crippen LogP) is 2.39. The number of cyclic esters (lactones) is 1. The zero-order valence-corrected chi connectivity index (χ0v) is 17.4. The van der Waals surface area contributed by atoms with Gasteiger partial charge in [0.25, 0.3) is 0 Å². The predicted molar refractivity (Wildman–Crippen MR) is 111 cm³/mol. The number of rotatable bonds is 5. The third kappa shape index (κ3) is 3.10. The third-order valence-corrected chi connectivity index (χ3v) is 6.60. The number of hydrogen-bond acceptors (Lipinski definition) is 6. The van der Waals surface area contributed by atoms with Crippen molar-refractivity contribution in [2.24, 2.45) is 11.8 Å². The van der Waals surface area contributed by atoms with Crippen molar-refractivity contribution in [3.05, 3.63) is 48.0 Å². The summed E-state index contributed by atoms with van der Waals surface area (Å²) in [5.74, 6) is -0.527. The number of nitrogens with zero attached hydrogens (tertiary/aromatic N) is 3. The fourth-order valence-corrected chi connectivity index (χ4v) is 4.94. The molecule has 3 heterocycles. The van der Waals surface area contributed by atoms with Gasteiger partial charge in [-0.25, -0.2) is 9.18 Å². The van der Waals surface area contributed by atoms with E-state index >= 15 is 4.39 Å². The lowest BCUT2D eigenvalue weighted by Gasteiger charge is -2.19. The molecule has 1 N–H and O–H groups in total. The first-order valence-electron chi connectivity index (χ1n) is 10.4. The molecule has 2 amide bonds. The van der Waals surface area contributed by atoms with Crippen LogP contribution in [0.15, 0.2) is 36.7 Å². The normalized spacial score (nSPS) is 28.1. The molecule has 1 saturated carbocycles. The molecule has 1 unspecified atom stereocenters. The van der Waals surface area contributed by atoms with Crippen LogP contribution in [0.4, 0.5) is 14.9 Å². The molecule has 0 spiro atoms. The van der Waals surface area contributed by atoms with Gasteiger partial charge in [0.05, 0.1) is 43.5 Å². The minimum Gasteiger partial charge on any atom is -0.442 e. The summed E-state index contributed by atoms with van der Waals surface area (Å²) >= 11 is 0. The SMILES string of the molecule is CC(=O)NC[C@H]1CN(c2ccc(-c3cnccc3C3(C#N)[C@@H]4COC[C@@H]43)c(F)c2)C(=O)O1. The average molecular weight is 436 g/mol. The minimum atomic E-state index is -0.683. The Hall–Kier alpha value is -3.51. The molecule has 1 aromatic heterocycles. The van der Waals surface area contributed by atoms with Crippen LogP contribution < -0.4 is 10.2 Å². The van der Waals surface area contributed by atoms with Gasteiger partial charge in [-0.05, 0) is 29.8 Å². The Labute approximate surface area is 183 Å². The summed E-state index contributed by atoms with van der Waals surface area (Å²) in [4.78, 5) is 28.8. The van der Waals surface area contributed by atoms with Crippen molar-refractivity contribution in [3.8, 4) is 17.2 Å². The van der Waals surface area contributed by atoms with Crippen molar-refractivity contribution in [2.75, 3.05) is 31.2 Å². The Morgan fingerprint density at radius 1 is 1.34 bits per heavy atom. The molecule has 2 saturated heterocycles. The van der Waals surface area contributed by atoms with Crippen molar-refractivity contribution in [1.29, 1.82) is 5.26 Å². The van der Waals surface area contributed by atoms with Crippen LogP contribution >= 0.6 is 0 Å². The molecule has 4 atom stereocenters. The standard InChI is InChI=1S/C23H21FN4O4/c1-13(29)27-7-15-9-28(22(30)32-15)14-2-3-16(21(24)6-14)17-8-26-5-4-18(17)23(12-25)19-10-31-11-20(19)23/h2-6,8,15,19-20H,7,9-11H2,1H3,(H,27,29)/t15-,19-,20+,23?/m0/s1. The molecule has 8 nitrogen and oxygen atoms in total. The van der Waals surface area contributed by atoms with Gasteiger partial charge in [0, 0.05) is 42.3 Å². The number of amides is 2. The lowest BCUT2D eigenvalue weighted by atomic mass is 9.87. The molecule has 3 aliphatic rings. The molecular formula is C23H21FN4O4. The van der Waals surface area contributed by atoms with Crippen molar-refractivity contribution in [3.63, 3.8) is 0 Å². The van der Waals surface area contributed by atoms with Gasteiger partial charge in [0.15, 0.2) is 0 Å². The summed E-state index contributed by atoms with van der Waals surface area (Å²) in [5.41, 5.74) is 1.33. The van der Waals surface area contributed by atoms with Crippen LogP contribution in [-0.2, 0) is 19.7 Å². The first kappa shape index (κ1) is 20.4. The van der Waals surface area contributed by atoms with Crippen LogP contribution in [0.2, 0.25) is 0 Å². The topological polar surface area (TPSA) is 105 Å². The van der Waals surface area contributed by atoms with E-state index in [0.29, 0.717) is 30.0 Å². The summed E-state index contributed by atoms with van der Waals surface area (Å²) in [6.45, 7) is 2.83. The highest BCUT2D eigenvalue weighted by Gasteiger charge is 2.69. The van der Waals surface area contributed by atoms with Crippen LogP contribution in [0.25, 0.3) is 11.1 Å². The minimum absolute atomic E-state index is 0.107. The molecular weight excluding hydrogens is 415 g/mol. The molecule has 164 valence electrons. The van der Waals surface area contributed by atoms with Crippen molar-refractivity contribution >= 4 is 17.7 Å². The molecule has 2 aliphatic heterocycles. The maximum Gasteiger partial charge on any atom is 0.414 e. The lowest BCUT2D eigenvalue weighted by Crippen LogP contribution is -2.33. The number of hydrogen-bond donors (Lipinski definition) is 1.